The fourth-order valence-corrected chi connectivity index (χ4v) is 3.43. The van der Waals surface area contributed by atoms with Crippen LogP contribution in [-0.2, 0) is 9.53 Å². The van der Waals surface area contributed by atoms with E-state index in [9.17, 15) is 9.59 Å². The summed E-state index contributed by atoms with van der Waals surface area (Å²) in [6, 6.07) is 14.6. The highest BCUT2D eigenvalue weighted by molar-refractivity contribution is 5.99. The number of esters is 1. The van der Waals surface area contributed by atoms with Crippen LogP contribution in [0.1, 0.15) is 30.1 Å². The van der Waals surface area contributed by atoms with Crippen molar-refractivity contribution < 1.29 is 18.8 Å². The molecule has 0 bridgehead atoms. The van der Waals surface area contributed by atoms with Gasteiger partial charge in [0.25, 0.3) is 5.91 Å². The molecule has 1 amide bonds. The number of piperidine rings is 1. The van der Waals surface area contributed by atoms with E-state index < -0.39 is 5.97 Å². The fourth-order valence-electron chi connectivity index (χ4n) is 3.43. The zero-order chi connectivity index (χ0) is 19.5. The molecule has 4 rings (SSSR count). The third kappa shape index (κ3) is 3.76. The molecule has 1 saturated heterocycles. The summed E-state index contributed by atoms with van der Waals surface area (Å²) in [7, 11) is 0. The molecule has 3 aromatic rings. The van der Waals surface area contributed by atoms with Crippen LogP contribution < -0.4 is 0 Å². The highest BCUT2D eigenvalue weighted by Gasteiger charge is 2.22. The summed E-state index contributed by atoms with van der Waals surface area (Å²) in [5.74, 6) is 0.571. The Morgan fingerprint density at radius 3 is 2.64 bits per heavy atom. The first kappa shape index (κ1) is 18.2. The summed E-state index contributed by atoms with van der Waals surface area (Å²) in [5.41, 5.74) is 1.91. The Kier molecular flexibility index (Phi) is 5.10. The molecule has 28 heavy (non-hydrogen) atoms. The van der Waals surface area contributed by atoms with Crippen LogP contribution in [0, 0.1) is 5.92 Å². The molecule has 0 unspecified atom stereocenters. The average molecular weight is 378 g/mol. The standard InChI is InChI=1S/C22H22N2O4/c1-15-9-11-24(12-10-15)20(25)14-27-22(26)17-7-8-19-18(13-17)21(28-23-19)16-5-3-2-4-6-16/h2-8,13,15H,9-12,14H2,1H3. The Morgan fingerprint density at radius 1 is 1.14 bits per heavy atom. The highest BCUT2D eigenvalue weighted by Crippen LogP contribution is 2.29. The molecule has 1 aromatic heterocycles. The van der Waals surface area contributed by atoms with Crippen molar-refractivity contribution in [1.82, 2.24) is 10.1 Å². The molecular weight excluding hydrogens is 356 g/mol. The normalized spacial score (nSPS) is 15.0. The van der Waals surface area contributed by atoms with Gasteiger partial charge in [0, 0.05) is 18.7 Å². The third-order valence-electron chi connectivity index (χ3n) is 5.21. The van der Waals surface area contributed by atoms with Gasteiger partial charge < -0.3 is 14.2 Å². The van der Waals surface area contributed by atoms with Crippen LogP contribution in [0.2, 0.25) is 0 Å². The summed E-state index contributed by atoms with van der Waals surface area (Å²) in [6.45, 7) is 3.40. The van der Waals surface area contributed by atoms with Gasteiger partial charge in [-0.1, -0.05) is 42.4 Å². The maximum atomic E-state index is 12.5. The number of amides is 1. The van der Waals surface area contributed by atoms with Crippen LogP contribution in [0.5, 0.6) is 0 Å². The van der Waals surface area contributed by atoms with Gasteiger partial charge in [-0.15, -0.1) is 0 Å². The zero-order valence-electron chi connectivity index (χ0n) is 15.8. The molecule has 6 nitrogen and oxygen atoms in total. The van der Waals surface area contributed by atoms with E-state index in [1.807, 2.05) is 30.3 Å². The van der Waals surface area contributed by atoms with Gasteiger partial charge in [0.2, 0.25) is 0 Å². The zero-order valence-corrected chi connectivity index (χ0v) is 15.8. The molecule has 144 valence electrons. The molecule has 0 aliphatic carbocycles. The van der Waals surface area contributed by atoms with E-state index in [1.54, 1.807) is 23.1 Å². The van der Waals surface area contributed by atoms with E-state index in [0.29, 0.717) is 22.8 Å². The first-order valence-corrected chi connectivity index (χ1v) is 9.51. The van der Waals surface area contributed by atoms with Crippen LogP contribution in [0.3, 0.4) is 0 Å². The monoisotopic (exact) mass is 378 g/mol. The summed E-state index contributed by atoms with van der Waals surface area (Å²) < 4.78 is 10.7. The number of aromatic nitrogens is 1. The number of ether oxygens (including phenoxy) is 1. The average Bonchev–Trinajstić information content (AvgIpc) is 3.16. The van der Waals surface area contributed by atoms with E-state index in [1.165, 1.54) is 0 Å². The SMILES string of the molecule is CC1CCN(C(=O)COC(=O)c2ccc3noc(-c4ccccc4)c3c2)CC1. The largest absolute Gasteiger partial charge is 0.452 e. The Balaban J connectivity index is 1.46. The van der Waals surface area contributed by atoms with Crippen LogP contribution in [0.15, 0.2) is 53.1 Å². The summed E-state index contributed by atoms with van der Waals surface area (Å²) in [6.07, 6.45) is 1.98. The Morgan fingerprint density at radius 2 is 1.89 bits per heavy atom. The van der Waals surface area contributed by atoms with Crippen molar-refractivity contribution in [3.8, 4) is 11.3 Å². The van der Waals surface area contributed by atoms with Crippen molar-refractivity contribution in [3.63, 3.8) is 0 Å². The second-order valence-corrected chi connectivity index (χ2v) is 7.25. The predicted octanol–water partition coefficient (Wildman–Crippen LogP) is 3.91. The van der Waals surface area contributed by atoms with Crippen LogP contribution >= 0.6 is 0 Å². The molecule has 1 aliphatic rings. The Labute approximate surface area is 163 Å². The first-order chi connectivity index (χ1) is 13.6. The van der Waals surface area contributed by atoms with Gasteiger partial charge in [0.15, 0.2) is 12.4 Å². The van der Waals surface area contributed by atoms with Gasteiger partial charge in [0.05, 0.1) is 10.9 Å². The number of fused-ring (bicyclic) bond motifs is 1. The summed E-state index contributed by atoms with van der Waals surface area (Å²) in [5, 5.41) is 4.78. The predicted molar refractivity (Wildman–Crippen MR) is 105 cm³/mol. The molecule has 0 saturated carbocycles. The third-order valence-corrected chi connectivity index (χ3v) is 5.21. The molecule has 2 heterocycles. The second kappa shape index (κ2) is 7.84. The van der Waals surface area contributed by atoms with Gasteiger partial charge >= 0.3 is 5.97 Å². The first-order valence-electron chi connectivity index (χ1n) is 9.51. The van der Waals surface area contributed by atoms with E-state index >= 15 is 0 Å². The lowest BCUT2D eigenvalue weighted by atomic mass is 9.99. The number of carbonyl (C=O) groups excluding carboxylic acids is 2. The Bertz CT molecular complexity index is 988. The summed E-state index contributed by atoms with van der Waals surface area (Å²) >= 11 is 0. The van der Waals surface area contributed by atoms with Crippen LogP contribution in [-0.4, -0.2) is 41.6 Å². The van der Waals surface area contributed by atoms with Crippen molar-refractivity contribution >= 4 is 22.8 Å². The molecule has 0 atom stereocenters. The molecule has 1 aliphatic heterocycles. The van der Waals surface area contributed by atoms with Crippen molar-refractivity contribution in [3.05, 3.63) is 54.1 Å². The van der Waals surface area contributed by atoms with Crippen molar-refractivity contribution in [2.75, 3.05) is 19.7 Å². The Hall–Kier alpha value is -3.15. The van der Waals surface area contributed by atoms with Gasteiger partial charge in [-0.05, 0) is 37.0 Å². The molecular formula is C22H22N2O4. The van der Waals surface area contributed by atoms with Crippen molar-refractivity contribution in [2.24, 2.45) is 5.92 Å². The molecule has 0 N–H and O–H groups in total. The molecule has 0 spiro atoms. The molecule has 2 aromatic carbocycles. The lowest BCUT2D eigenvalue weighted by Crippen LogP contribution is -2.40. The number of carbonyl (C=O) groups is 2. The van der Waals surface area contributed by atoms with Crippen LogP contribution in [0.25, 0.3) is 22.2 Å². The minimum Gasteiger partial charge on any atom is -0.452 e. The van der Waals surface area contributed by atoms with E-state index in [0.717, 1.165) is 36.9 Å². The van der Waals surface area contributed by atoms with Crippen LogP contribution in [0.4, 0.5) is 0 Å². The number of benzene rings is 2. The molecule has 1 fully saturated rings. The maximum absolute atomic E-state index is 12.5. The minimum absolute atomic E-state index is 0.142. The second-order valence-electron chi connectivity index (χ2n) is 7.25. The van der Waals surface area contributed by atoms with Gasteiger partial charge in [-0.2, -0.15) is 0 Å². The van der Waals surface area contributed by atoms with Crippen molar-refractivity contribution in [1.29, 1.82) is 0 Å². The van der Waals surface area contributed by atoms with E-state index in [4.69, 9.17) is 9.26 Å². The lowest BCUT2D eigenvalue weighted by molar-refractivity contribution is -0.135. The molecule has 6 heteroatoms. The number of likely N-dealkylation sites (tertiary alicyclic amines) is 1. The van der Waals surface area contributed by atoms with Gasteiger partial charge in [-0.25, -0.2) is 4.79 Å². The number of hydrogen-bond acceptors (Lipinski definition) is 5. The fraction of sp³-hybridized carbons (Fsp3) is 0.318. The lowest BCUT2D eigenvalue weighted by Gasteiger charge is -2.30. The van der Waals surface area contributed by atoms with Gasteiger partial charge in [0.1, 0.15) is 5.52 Å². The van der Waals surface area contributed by atoms with E-state index in [-0.39, 0.29) is 12.5 Å². The van der Waals surface area contributed by atoms with E-state index in [2.05, 4.69) is 12.1 Å². The topological polar surface area (TPSA) is 72.6 Å². The van der Waals surface area contributed by atoms with Crippen molar-refractivity contribution in [2.45, 2.75) is 19.8 Å². The number of hydrogen-bond donors (Lipinski definition) is 0. The minimum atomic E-state index is -0.527. The highest BCUT2D eigenvalue weighted by atomic mass is 16.5. The quantitative estimate of drug-likeness (QED) is 0.644. The number of rotatable bonds is 4. The number of nitrogens with zero attached hydrogens (tertiary/aromatic N) is 2. The molecule has 0 radical (unpaired) electrons. The summed E-state index contributed by atoms with van der Waals surface area (Å²) in [4.78, 5) is 26.5. The van der Waals surface area contributed by atoms with Gasteiger partial charge in [-0.3, -0.25) is 4.79 Å². The smallest absolute Gasteiger partial charge is 0.338 e. The maximum Gasteiger partial charge on any atom is 0.338 e.